The molecule has 0 saturated carbocycles. The average Bonchev–Trinajstić information content (AvgIpc) is 2.55. The Morgan fingerprint density at radius 2 is 1.62 bits per heavy atom. The van der Waals surface area contributed by atoms with Crippen molar-refractivity contribution in [3.8, 4) is 11.5 Å². The lowest BCUT2D eigenvalue weighted by Crippen LogP contribution is -1.94. The summed E-state index contributed by atoms with van der Waals surface area (Å²) in [6, 6.07) is 17.2. The largest absolute Gasteiger partial charge is 0.506 e. The molecule has 0 bridgehead atoms. The van der Waals surface area contributed by atoms with Crippen molar-refractivity contribution >= 4 is 45.9 Å². The smallest absolute Gasteiger partial charge is 0.466 e. The van der Waals surface area contributed by atoms with E-state index in [9.17, 15) is 5.11 Å². The topological polar surface area (TPSA) is 119 Å². The molecule has 3 rings (SSSR count). The lowest BCUT2D eigenvalue weighted by Gasteiger charge is -2.13. The molecule has 7 nitrogen and oxygen atoms in total. The Morgan fingerprint density at radius 3 is 2.27 bits per heavy atom. The number of phenolic OH excluding ortho intramolecular Hbond substituents is 1. The SMILES string of the molecule is COc1ccccc1Nc1cc2ccc(Br)cc2cc1O.O=P(O)(O)O. The van der Waals surface area contributed by atoms with Gasteiger partial charge in [0.1, 0.15) is 11.5 Å². The molecule has 0 fully saturated rings. The highest BCUT2D eigenvalue weighted by Crippen LogP contribution is 2.35. The van der Waals surface area contributed by atoms with Gasteiger partial charge in [-0.1, -0.05) is 34.1 Å². The molecule has 3 aromatic carbocycles. The summed E-state index contributed by atoms with van der Waals surface area (Å²) in [5, 5.41) is 15.4. The molecular formula is C17H17BrNO6P. The summed E-state index contributed by atoms with van der Waals surface area (Å²) in [5.74, 6) is 0.930. The zero-order chi connectivity index (χ0) is 19.3. The molecule has 0 unspecified atom stereocenters. The third-order valence-corrected chi connectivity index (χ3v) is 3.79. The van der Waals surface area contributed by atoms with Gasteiger partial charge in [0.2, 0.25) is 0 Å². The van der Waals surface area contributed by atoms with Crippen LogP contribution in [0, 0.1) is 0 Å². The molecule has 0 heterocycles. The number of methoxy groups -OCH3 is 1. The molecule has 3 aromatic rings. The van der Waals surface area contributed by atoms with Gasteiger partial charge in [0.25, 0.3) is 0 Å². The summed E-state index contributed by atoms with van der Waals surface area (Å²) >= 11 is 3.43. The number of anilines is 2. The van der Waals surface area contributed by atoms with E-state index in [1.165, 1.54) is 0 Å². The second-order valence-electron chi connectivity index (χ2n) is 5.20. The van der Waals surface area contributed by atoms with E-state index in [4.69, 9.17) is 24.0 Å². The van der Waals surface area contributed by atoms with Gasteiger partial charge in [0.05, 0.1) is 18.5 Å². The van der Waals surface area contributed by atoms with Crippen LogP contribution < -0.4 is 10.1 Å². The van der Waals surface area contributed by atoms with E-state index in [2.05, 4.69) is 21.2 Å². The Labute approximate surface area is 158 Å². The maximum atomic E-state index is 10.2. The van der Waals surface area contributed by atoms with E-state index in [0.717, 1.165) is 26.7 Å². The predicted octanol–water partition coefficient (Wildman–Crippen LogP) is 4.13. The standard InChI is InChI=1S/C17H14BrNO2.H3O4P/c1-21-17-5-3-2-4-14(17)19-15-9-11-6-7-13(18)8-12(11)10-16(15)20;1-5(2,3)4/h2-10,19-20H,1H3;(H3,1,2,3,4). The van der Waals surface area contributed by atoms with Crippen molar-refractivity contribution < 1.29 is 29.1 Å². The molecule has 26 heavy (non-hydrogen) atoms. The molecule has 9 heteroatoms. The van der Waals surface area contributed by atoms with Gasteiger partial charge in [-0.15, -0.1) is 0 Å². The highest BCUT2D eigenvalue weighted by Gasteiger charge is 2.07. The Morgan fingerprint density at radius 1 is 0.962 bits per heavy atom. The molecule has 5 N–H and O–H groups in total. The lowest BCUT2D eigenvalue weighted by atomic mass is 10.1. The van der Waals surface area contributed by atoms with Crippen molar-refractivity contribution in [3.05, 3.63) is 59.1 Å². The van der Waals surface area contributed by atoms with E-state index in [0.29, 0.717) is 5.69 Å². The van der Waals surface area contributed by atoms with Crippen LogP contribution in [0.5, 0.6) is 11.5 Å². The number of hydrogen-bond donors (Lipinski definition) is 5. The number of phenols is 1. The summed E-state index contributed by atoms with van der Waals surface area (Å²) < 4.78 is 15.2. The van der Waals surface area contributed by atoms with Gasteiger partial charge in [-0.3, -0.25) is 0 Å². The number of nitrogens with one attached hydrogen (secondary N) is 1. The molecule has 0 aromatic heterocycles. The van der Waals surface area contributed by atoms with Crippen LogP contribution in [0.15, 0.2) is 59.1 Å². The number of aromatic hydroxyl groups is 1. The van der Waals surface area contributed by atoms with Gasteiger partial charge in [0, 0.05) is 4.47 Å². The van der Waals surface area contributed by atoms with Gasteiger partial charge in [-0.05, 0) is 47.2 Å². The number of halogens is 1. The second-order valence-corrected chi connectivity index (χ2v) is 7.14. The van der Waals surface area contributed by atoms with Crippen LogP contribution in [-0.2, 0) is 4.57 Å². The van der Waals surface area contributed by atoms with E-state index >= 15 is 0 Å². The Hall–Kier alpha value is -2.09. The fourth-order valence-electron chi connectivity index (χ4n) is 2.25. The van der Waals surface area contributed by atoms with Crippen molar-refractivity contribution in [2.45, 2.75) is 0 Å². The second kappa shape index (κ2) is 8.53. The molecule has 0 saturated heterocycles. The van der Waals surface area contributed by atoms with Crippen LogP contribution in [0.1, 0.15) is 0 Å². The number of hydrogen-bond acceptors (Lipinski definition) is 4. The Bertz CT molecular complexity index is 951. The summed E-state index contributed by atoms with van der Waals surface area (Å²) in [7, 11) is -3.02. The van der Waals surface area contributed by atoms with Crippen molar-refractivity contribution in [1.29, 1.82) is 0 Å². The molecule has 0 spiro atoms. The number of phosphoric acid groups is 1. The zero-order valence-electron chi connectivity index (χ0n) is 13.6. The maximum absolute atomic E-state index is 10.2. The molecule has 0 aliphatic carbocycles. The van der Waals surface area contributed by atoms with Crippen molar-refractivity contribution in [2.24, 2.45) is 0 Å². The first-order valence-corrected chi connectivity index (χ1v) is 9.64. The predicted molar refractivity (Wildman–Crippen MR) is 104 cm³/mol. The zero-order valence-corrected chi connectivity index (χ0v) is 16.1. The maximum Gasteiger partial charge on any atom is 0.466 e. The first kappa shape index (κ1) is 20.2. The third kappa shape index (κ3) is 6.01. The molecule has 138 valence electrons. The number of ether oxygens (including phenoxy) is 1. The van der Waals surface area contributed by atoms with E-state index in [1.807, 2.05) is 48.5 Å². The number of para-hydroxylation sites is 2. The van der Waals surface area contributed by atoms with Crippen molar-refractivity contribution in [2.75, 3.05) is 12.4 Å². The molecule has 0 aliphatic rings. The van der Waals surface area contributed by atoms with E-state index in [-0.39, 0.29) is 5.75 Å². The normalized spacial score (nSPS) is 10.8. The van der Waals surface area contributed by atoms with Crippen LogP contribution in [0.3, 0.4) is 0 Å². The van der Waals surface area contributed by atoms with Crippen LogP contribution in [0.4, 0.5) is 11.4 Å². The van der Waals surface area contributed by atoms with Crippen LogP contribution in [-0.4, -0.2) is 26.9 Å². The molecule has 0 aliphatic heterocycles. The van der Waals surface area contributed by atoms with Gasteiger partial charge in [-0.2, -0.15) is 0 Å². The molecule has 0 atom stereocenters. The summed E-state index contributed by atoms with van der Waals surface area (Å²) in [5.41, 5.74) is 1.46. The molecular weight excluding hydrogens is 425 g/mol. The first-order valence-electron chi connectivity index (χ1n) is 7.28. The van der Waals surface area contributed by atoms with E-state index in [1.54, 1.807) is 13.2 Å². The van der Waals surface area contributed by atoms with Crippen LogP contribution >= 0.6 is 23.8 Å². The molecule has 0 amide bonds. The average molecular weight is 442 g/mol. The Balaban J connectivity index is 0.000000431. The third-order valence-electron chi connectivity index (χ3n) is 3.29. The highest BCUT2D eigenvalue weighted by atomic mass is 79.9. The van der Waals surface area contributed by atoms with Gasteiger partial charge in [0.15, 0.2) is 0 Å². The van der Waals surface area contributed by atoms with Crippen LogP contribution in [0.2, 0.25) is 0 Å². The minimum atomic E-state index is -4.64. The number of benzene rings is 3. The highest BCUT2D eigenvalue weighted by molar-refractivity contribution is 9.10. The first-order chi connectivity index (χ1) is 12.2. The van der Waals surface area contributed by atoms with Gasteiger partial charge in [-0.25, -0.2) is 4.57 Å². The number of rotatable bonds is 3. The molecule has 0 radical (unpaired) electrons. The van der Waals surface area contributed by atoms with Gasteiger partial charge >= 0.3 is 7.82 Å². The van der Waals surface area contributed by atoms with Gasteiger partial charge < -0.3 is 29.8 Å². The fraction of sp³-hybridized carbons (Fsp3) is 0.0588. The monoisotopic (exact) mass is 441 g/mol. The minimum Gasteiger partial charge on any atom is -0.506 e. The lowest BCUT2D eigenvalue weighted by molar-refractivity contribution is 0.275. The summed E-state index contributed by atoms with van der Waals surface area (Å²) in [6.45, 7) is 0. The Kier molecular flexibility index (Phi) is 6.63. The van der Waals surface area contributed by atoms with E-state index < -0.39 is 7.82 Å². The van der Waals surface area contributed by atoms with Crippen molar-refractivity contribution in [1.82, 2.24) is 0 Å². The minimum absolute atomic E-state index is 0.200. The number of fused-ring (bicyclic) bond motifs is 1. The van der Waals surface area contributed by atoms with Crippen LogP contribution in [0.25, 0.3) is 10.8 Å². The summed E-state index contributed by atoms with van der Waals surface area (Å²) in [6.07, 6.45) is 0. The summed E-state index contributed by atoms with van der Waals surface area (Å²) in [4.78, 5) is 21.6. The fourth-order valence-corrected chi connectivity index (χ4v) is 2.63. The van der Waals surface area contributed by atoms with Crippen molar-refractivity contribution in [3.63, 3.8) is 0 Å². The quantitative estimate of drug-likeness (QED) is 0.306.